The topological polar surface area (TPSA) is 58.4 Å². The van der Waals surface area contributed by atoms with Gasteiger partial charge in [-0.05, 0) is 12.2 Å². The molecule has 3 N–H and O–H groups in total. The van der Waals surface area contributed by atoms with E-state index in [0.29, 0.717) is 12.0 Å². The van der Waals surface area contributed by atoms with Gasteiger partial charge in [-0.15, -0.1) is 11.8 Å². The van der Waals surface area contributed by atoms with Crippen molar-refractivity contribution in [2.75, 3.05) is 19.0 Å². The second-order valence-electron chi connectivity index (χ2n) is 4.01. The summed E-state index contributed by atoms with van der Waals surface area (Å²) >= 11 is 1.81. The molecule has 5 heteroatoms. The minimum absolute atomic E-state index is 0.262. The molecule has 0 saturated carbocycles. The van der Waals surface area contributed by atoms with Gasteiger partial charge in [0.2, 0.25) is 0 Å². The first kappa shape index (κ1) is 8.61. The molecule has 2 bridgehead atoms. The highest BCUT2D eigenvalue weighted by atomic mass is 32.2. The molecular weight excluding hydrogens is 198 g/mol. The second kappa shape index (κ2) is 2.90. The van der Waals surface area contributed by atoms with Crippen LogP contribution >= 0.6 is 11.8 Å². The van der Waals surface area contributed by atoms with E-state index in [0.717, 1.165) is 24.7 Å². The Kier molecular flexibility index (Phi) is 1.79. The molecular formula is C9H13N3OS. The largest absolute Gasteiger partial charge is 0.364 e. The molecule has 1 amide bonds. The minimum atomic E-state index is -0.262. The molecule has 2 fully saturated rings. The maximum Gasteiger partial charge on any atom is 0.265 e. The lowest BCUT2D eigenvalue weighted by Gasteiger charge is -2.29. The van der Waals surface area contributed by atoms with Gasteiger partial charge < -0.3 is 10.6 Å². The fourth-order valence-electron chi connectivity index (χ4n) is 2.63. The Hall–Kier alpha value is -0.680. The van der Waals surface area contributed by atoms with Crippen LogP contribution in [0.2, 0.25) is 0 Å². The van der Waals surface area contributed by atoms with E-state index in [2.05, 4.69) is 10.2 Å². The van der Waals surface area contributed by atoms with E-state index in [4.69, 9.17) is 5.73 Å². The number of carbonyl (C=O) groups is 1. The number of hydrogen-bond acceptors (Lipinski definition) is 4. The van der Waals surface area contributed by atoms with Gasteiger partial charge in [0.25, 0.3) is 5.91 Å². The molecule has 14 heavy (non-hydrogen) atoms. The van der Waals surface area contributed by atoms with Crippen LogP contribution in [-0.4, -0.2) is 35.8 Å². The van der Waals surface area contributed by atoms with Crippen LogP contribution in [0.5, 0.6) is 0 Å². The van der Waals surface area contributed by atoms with E-state index in [1.165, 1.54) is 11.3 Å². The van der Waals surface area contributed by atoms with E-state index in [-0.39, 0.29) is 5.91 Å². The SMILES string of the molecule is NC(=O)C1=C2SCCC2C2CN1CN2. The van der Waals surface area contributed by atoms with Crippen LogP contribution in [0.15, 0.2) is 10.6 Å². The van der Waals surface area contributed by atoms with Crippen molar-refractivity contribution >= 4 is 17.7 Å². The van der Waals surface area contributed by atoms with Crippen LogP contribution in [-0.2, 0) is 4.79 Å². The van der Waals surface area contributed by atoms with Crippen LogP contribution in [0, 0.1) is 5.92 Å². The van der Waals surface area contributed by atoms with E-state index in [1.54, 1.807) is 0 Å². The highest BCUT2D eigenvalue weighted by molar-refractivity contribution is 8.03. The van der Waals surface area contributed by atoms with Crippen LogP contribution in [0.3, 0.4) is 0 Å². The first-order valence-corrected chi connectivity index (χ1v) is 5.91. The van der Waals surface area contributed by atoms with E-state index in [1.807, 2.05) is 11.8 Å². The summed E-state index contributed by atoms with van der Waals surface area (Å²) in [6, 6.07) is 0.545. The highest BCUT2D eigenvalue weighted by Crippen LogP contribution is 2.45. The molecule has 2 atom stereocenters. The number of nitrogens with two attached hydrogens (primary N) is 1. The third-order valence-electron chi connectivity index (χ3n) is 3.25. The molecule has 0 spiro atoms. The third-order valence-corrected chi connectivity index (χ3v) is 4.50. The summed E-state index contributed by atoms with van der Waals surface area (Å²) in [6.45, 7) is 1.73. The quantitative estimate of drug-likeness (QED) is 0.624. The van der Waals surface area contributed by atoms with Crippen molar-refractivity contribution in [1.82, 2.24) is 10.2 Å². The predicted molar refractivity (Wildman–Crippen MR) is 55.3 cm³/mol. The Morgan fingerprint density at radius 2 is 2.50 bits per heavy atom. The molecule has 76 valence electrons. The van der Waals surface area contributed by atoms with Crippen molar-refractivity contribution in [1.29, 1.82) is 0 Å². The fraction of sp³-hybridized carbons (Fsp3) is 0.667. The van der Waals surface area contributed by atoms with E-state index >= 15 is 0 Å². The van der Waals surface area contributed by atoms with Gasteiger partial charge in [-0.2, -0.15) is 0 Å². The van der Waals surface area contributed by atoms with Crippen molar-refractivity contribution in [2.24, 2.45) is 11.7 Å². The molecule has 3 heterocycles. The second-order valence-corrected chi connectivity index (χ2v) is 5.15. The fourth-order valence-corrected chi connectivity index (χ4v) is 4.08. The number of nitrogens with one attached hydrogen (secondary N) is 1. The average molecular weight is 211 g/mol. The molecule has 2 unspecified atom stereocenters. The smallest absolute Gasteiger partial charge is 0.265 e. The van der Waals surface area contributed by atoms with E-state index in [9.17, 15) is 4.79 Å². The first-order valence-electron chi connectivity index (χ1n) is 4.92. The molecule has 3 rings (SSSR count). The average Bonchev–Trinajstić information content (AvgIpc) is 2.73. The van der Waals surface area contributed by atoms with Crippen LogP contribution in [0.1, 0.15) is 6.42 Å². The molecule has 4 nitrogen and oxygen atoms in total. The molecule has 0 aromatic carbocycles. The van der Waals surface area contributed by atoms with Gasteiger partial charge in [0.1, 0.15) is 5.70 Å². The summed E-state index contributed by atoms with van der Waals surface area (Å²) < 4.78 is 0. The number of thioether (sulfide) groups is 1. The van der Waals surface area contributed by atoms with Gasteiger partial charge >= 0.3 is 0 Å². The monoisotopic (exact) mass is 211 g/mol. The van der Waals surface area contributed by atoms with Gasteiger partial charge in [-0.1, -0.05) is 0 Å². The minimum Gasteiger partial charge on any atom is -0.364 e. The van der Waals surface area contributed by atoms with Crippen molar-refractivity contribution < 1.29 is 4.79 Å². The Morgan fingerprint density at radius 1 is 1.64 bits per heavy atom. The van der Waals surface area contributed by atoms with Crippen molar-refractivity contribution in [3.8, 4) is 0 Å². The Labute approximate surface area is 86.9 Å². The summed E-state index contributed by atoms with van der Waals surface area (Å²) in [7, 11) is 0. The summed E-state index contributed by atoms with van der Waals surface area (Å²) in [5, 5.41) is 3.44. The summed E-state index contributed by atoms with van der Waals surface area (Å²) in [6.07, 6.45) is 1.18. The zero-order chi connectivity index (χ0) is 9.71. The number of amides is 1. The lowest BCUT2D eigenvalue weighted by atomic mass is 9.93. The molecule has 2 saturated heterocycles. The zero-order valence-corrected chi connectivity index (χ0v) is 8.64. The van der Waals surface area contributed by atoms with Crippen LogP contribution in [0.25, 0.3) is 0 Å². The maximum atomic E-state index is 11.4. The number of rotatable bonds is 1. The highest BCUT2D eigenvalue weighted by Gasteiger charge is 2.43. The molecule has 3 aliphatic heterocycles. The lowest BCUT2D eigenvalue weighted by molar-refractivity contribution is -0.116. The van der Waals surface area contributed by atoms with Crippen molar-refractivity contribution in [3.05, 3.63) is 10.6 Å². The molecule has 0 radical (unpaired) electrons. The summed E-state index contributed by atoms with van der Waals surface area (Å²) in [5.74, 6) is 1.41. The molecule has 0 aromatic rings. The predicted octanol–water partition coefficient (Wildman–Crippen LogP) is -0.319. The summed E-state index contributed by atoms with van der Waals surface area (Å²) in [4.78, 5) is 14.7. The van der Waals surface area contributed by atoms with E-state index < -0.39 is 0 Å². The van der Waals surface area contributed by atoms with Gasteiger partial charge in [0, 0.05) is 23.4 Å². The van der Waals surface area contributed by atoms with Crippen molar-refractivity contribution in [2.45, 2.75) is 12.5 Å². The first-order chi connectivity index (χ1) is 6.77. The van der Waals surface area contributed by atoms with Gasteiger partial charge in [-0.25, -0.2) is 0 Å². The van der Waals surface area contributed by atoms with Gasteiger partial charge in [0.15, 0.2) is 0 Å². The number of hydrogen-bond donors (Lipinski definition) is 2. The number of fused-ring (bicyclic) bond motifs is 4. The maximum absolute atomic E-state index is 11.4. The standard InChI is InChI=1S/C9H13N3OS/c10-9(13)7-8-5(1-2-14-8)6-3-12(7)4-11-6/h5-6,11H,1-4H2,(H2,10,13). The number of carbonyl (C=O) groups excluding carboxylic acids is 1. The van der Waals surface area contributed by atoms with Gasteiger partial charge in [-0.3, -0.25) is 10.1 Å². The molecule has 0 aliphatic carbocycles. The van der Waals surface area contributed by atoms with Crippen LogP contribution < -0.4 is 11.1 Å². The zero-order valence-electron chi connectivity index (χ0n) is 7.82. The molecule has 0 aromatic heterocycles. The Balaban J connectivity index is 2.08. The Bertz CT molecular complexity index is 328. The van der Waals surface area contributed by atoms with Gasteiger partial charge in [0.05, 0.1) is 6.67 Å². The number of primary amides is 1. The molecule has 3 aliphatic rings. The number of nitrogens with zero attached hydrogens (tertiary/aromatic N) is 1. The third kappa shape index (κ3) is 1.02. The normalized spacial score (nSPS) is 35.0. The van der Waals surface area contributed by atoms with Crippen LogP contribution in [0.4, 0.5) is 0 Å². The summed E-state index contributed by atoms with van der Waals surface area (Å²) in [5.41, 5.74) is 6.20. The van der Waals surface area contributed by atoms with Crippen molar-refractivity contribution in [3.63, 3.8) is 0 Å². The lowest BCUT2D eigenvalue weighted by Crippen LogP contribution is -2.39. The Morgan fingerprint density at radius 3 is 3.29 bits per heavy atom.